The number of alkyl halides is 3. The van der Waals surface area contributed by atoms with E-state index < -0.39 is 11.7 Å². The predicted octanol–water partition coefficient (Wildman–Crippen LogP) is 3.21. The number of halogens is 4. The minimum atomic E-state index is -4.47. The number of aromatic nitrogens is 2. The van der Waals surface area contributed by atoms with Crippen molar-refractivity contribution in [3.05, 3.63) is 47.3 Å². The maximum atomic E-state index is 13.4. The van der Waals surface area contributed by atoms with Crippen LogP contribution in [0.15, 0.2) is 35.6 Å². The summed E-state index contributed by atoms with van der Waals surface area (Å²) in [6.45, 7) is 1.59. The van der Waals surface area contributed by atoms with Gasteiger partial charge in [-0.1, -0.05) is 6.07 Å². The average molecular weight is 539 g/mol. The van der Waals surface area contributed by atoms with E-state index in [1.807, 2.05) is 18.1 Å². The van der Waals surface area contributed by atoms with Crippen LogP contribution in [0.4, 0.5) is 13.2 Å². The van der Waals surface area contributed by atoms with E-state index in [1.165, 1.54) is 19.2 Å². The van der Waals surface area contributed by atoms with Crippen LogP contribution < -0.4 is 10.1 Å². The van der Waals surface area contributed by atoms with E-state index in [-0.39, 0.29) is 47.9 Å². The summed E-state index contributed by atoms with van der Waals surface area (Å²) in [6.07, 6.45) is -1.02. The molecule has 1 aliphatic rings. The average Bonchev–Trinajstić information content (AvgIpc) is 3.14. The van der Waals surface area contributed by atoms with Crippen LogP contribution in [-0.4, -0.2) is 54.5 Å². The fraction of sp³-hybridized carbons (Fsp3) is 0.474. The second kappa shape index (κ2) is 10.3. The van der Waals surface area contributed by atoms with E-state index in [9.17, 15) is 13.2 Å². The van der Waals surface area contributed by atoms with Crippen molar-refractivity contribution in [1.29, 1.82) is 0 Å². The van der Waals surface area contributed by atoms with Crippen LogP contribution >= 0.6 is 24.0 Å². The van der Waals surface area contributed by atoms with Crippen molar-refractivity contribution >= 4 is 29.9 Å². The Morgan fingerprint density at radius 2 is 2.17 bits per heavy atom. The molecule has 0 radical (unpaired) electrons. The number of aliphatic imine (C=N–C) groups is 1. The van der Waals surface area contributed by atoms with Crippen LogP contribution in [0.25, 0.3) is 0 Å². The van der Waals surface area contributed by atoms with Gasteiger partial charge in [0.25, 0.3) is 0 Å². The fourth-order valence-electron chi connectivity index (χ4n) is 3.26. The molecule has 1 aromatic heterocycles. The van der Waals surface area contributed by atoms with Gasteiger partial charge >= 0.3 is 6.18 Å². The molecule has 0 spiro atoms. The Kier molecular flexibility index (Phi) is 8.35. The largest absolute Gasteiger partial charge is 0.497 e. The Morgan fingerprint density at radius 1 is 1.40 bits per heavy atom. The van der Waals surface area contributed by atoms with Gasteiger partial charge < -0.3 is 19.7 Å². The van der Waals surface area contributed by atoms with Gasteiger partial charge in [0.15, 0.2) is 5.96 Å². The summed E-state index contributed by atoms with van der Waals surface area (Å²) in [4.78, 5) is 6.21. The quantitative estimate of drug-likeness (QED) is 0.368. The first-order chi connectivity index (χ1) is 13.8. The number of benzene rings is 1. The first-order valence-corrected chi connectivity index (χ1v) is 9.11. The van der Waals surface area contributed by atoms with Gasteiger partial charge in [-0.25, -0.2) is 0 Å². The Hall–Kier alpha value is -2.02. The van der Waals surface area contributed by atoms with Crippen LogP contribution in [0.3, 0.4) is 0 Å². The summed E-state index contributed by atoms with van der Waals surface area (Å²) in [6, 6.07) is 3.94. The summed E-state index contributed by atoms with van der Waals surface area (Å²) >= 11 is 0. The van der Waals surface area contributed by atoms with Gasteiger partial charge in [-0.15, -0.1) is 24.0 Å². The van der Waals surface area contributed by atoms with Gasteiger partial charge in [-0.05, 0) is 17.7 Å². The summed E-state index contributed by atoms with van der Waals surface area (Å²) < 4.78 is 52.7. The molecule has 30 heavy (non-hydrogen) atoms. The monoisotopic (exact) mass is 539 g/mol. The summed E-state index contributed by atoms with van der Waals surface area (Å²) in [5, 5.41) is 7.20. The van der Waals surface area contributed by atoms with Crippen LogP contribution in [0.1, 0.15) is 22.8 Å². The molecule has 1 unspecified atom stereocenters. The standard InChI is InChI=1S/C19H24F3N5O2.HI/c1-23-18(27-6-7-29-17(12-27)14-10-25-26(2)11-14)24-9-13-4-5-15(28-3)8-16(13)19(20,21)22;/h4-5,8,10-11,17H,6-7,9,12H2,1-3H3,(H,23,24);1H. The van der Waals surface area contributed by atoms with Crippen LogP contribution in [0, 0.1) is 0 Å². The summed E-state index contributed by atoms with van der Waals surface area (Å²) in [7, 11) is 4.78. The lowest BCUT2D eigenvalue weighted by Gasteiger charge is -2.34. The molecule has 1 aromatic carbocycles. The molecular weight excluding hydrogens is 514 g/mol. The normalized spacial score (nSPS) is 17.5. The second-order valence-electron chi connectivity index (χ2n) is 6.67. The number of hydrogen-bond donors (Lipinski definition) is 1. The van der Waals surface area contributed by atoms with Crippen molar-refractivity contribution in [3.8, 4) is 5.75 Å². The third-order valence-electron chi connectivity index (χ3n) is 4.73. The maximum Gasteiger partial charge on any atom is 0.416 e. The molecule has 0 aliphatic carbocycles. The zero-order chi connectivity index (χ0) is 21.0. The Morgan fingerprint density at radius 3 is 2.77 bits per heavy atom. The molecule has 7 nitrogen and oxygen atoms in total. The number of aryl methyl sites for hydroxylation is 1. The second-order valence-corrected chi connectivity index (χ2v) is 6.67. The molecular formula is C19H25F3IN5O2. The molecule has 1 saturated heterocycles. The van der Waals surface area contributed by atoms with E-state index >= 15 is 0 Å². The van der Waals surface area contributed by atoms with E-state index in [1.54, 1.807) is 17.9 Å². The molecule has 11 heteroatoms. The minimum absolute atomic E-state index is 0. The van der Waals surface area contributed by atoms with Crippen molar-refractivity contribution in [2.24, 2.45) is 12.0 Å². The van der Waals surface area contributed by atoms with Gasteiger partial charge in [-0.3, -0.25) is 9.67 Å². The number of ether oxygens (including phenoxy) is 2. The molecule has 0 saturated carbocycles. The molecule has 2 heterocycles. The van der Waals surface area contributed by atoms with E-state index in [0.29, 0.717) is 25.7 Å². The molecule has 0 bridgehead atoms. The first kappa shape index (κ1) is 24.3. The number of nitrogens with zero attached hydrogens (tertiary/aromatic N) is 4. The van der Waals surface area contributed by atoms with Gasteiger partial charge in [0.05, 0.1) is 32.0 Å². The zero-order valence-corrected chi connectivity index (χ0v) is 19.3. The summed E-state index contributed by atoms with van der Waals surface area (Å²) in [5.41, 5.74) is 0.341. The Balaban J connectivity index is 0.00000320. The van der Waals surface area contributed by atoms with Gasteiger partial charge in [-0.2, -0.15) is 18.3 Å². The highest BCUT2D eigenvalue weighted by Crippen LogP contribution is 2.34. The molecule has 1 N–H and O–H groups in total. The SMILES string of the molecule is CN=C(NCc1ccc(OC)cc1C(F)(F)F)N1CCOC(c2cnn(C)c2)C1.I. The van der Waals surface area contributed by atoms with Gasteiger partial charge in [0.1, 0.15) is 11.9 Å². The van der Waals surface area contributed by atoms with E-state index in [2.05, 4.69) is 15.4 Å². The Labute approximate surface area is 190 Å². The molecule has 166 valence electrons. The number of methoxy groups -OCH3 is 1. The highest BCUT2D eigenvalue weighted by molar-refractivity contribution is 14.0. The van der Waals surface area contributed by atoms with Crippen LogP contribution in [-0.2, 0) is 24.5 Å². The highest BCUT2D eigenvalue weighted by Gasteiger charge is 2.34. The Bertz CT molecular complexity index is 872. The maximum absolute atomic E-state index is 13.4. The third-order valence-corrected chi connectivity index (χ3v) is 4.73. The smallest absolute Gasteiger partial charge is 0.416 e. The van der Waals surface area contributed by atoms with Crippen molar-refractivity contribution in [2.45, 2.75) is 18.8 Å². The fourth-order valence-corrected chi connectivity index (χ4v) is 3.26. The molecule has 2 aromatic rings. The highest BCUT2D eigenvalue weighted by atomic mass is 127. The van der Waals surface area contributed by atoms with Crippen molar-refractivity contribution < 1.29 is 22.6 Å². The van der Waals surface area contributed by atoms with Crippen molar-refractivity contribution in [2.75, 3.05) is 33.9 Å². The molecule has 3 rings (SSSR count). The zero-order valence-electron chi connectivity index (χ0n) is 16.9. The van der Waals surface area contributed by atoms with Crippen LogP contribution in [0.2, 0.25) is 0 Å². The lowest BCUT2D eigenvalue weighted by Crippen LogP contribution is -2.48. The topological polar surface area (TPSA) is 63.9 Å². The number of rotatable bonds is 4. The molecule has 0 amide bonds. The molecule has 1 fully saturated rings. The minimum Gasteiger partial charge on any atom is -0.497 e. The van der Waals surface area contributed by atoms with Crippen molar-refractivity contribution in [1.82, 2.24) is 20.0 Å². The molecule has 1 atom stereocenters. The van der Waals surface area contributed by atoms with Gasteiger partial charge in [0.2, 0.25) is 0 Å². The van der Waals surface area contributed by atoms with E-state index in [0.717, 1.165) is 11.6 Å². The number of guanidine groups is 1. The number of nitrogens with one attached hydrogen (secondary N) is 1. The molecule has 1 aliphatic heterocycles. The van der Waals surface area contributed by atoms with Crippen LogP contribution in [0.5, 0.6) is 5.75 Å². The third kappa shape index (κ3) is 5.78. The van der Waals surface area contributed by atoms with Gasteiger partial charge in [0, 0.05) is 38.9 Å². The lowest BCUT2D eigenvalue weighted by atomic mass is 10.1. The summed E-state index contributed by atoms with van der Waals surface area (Å²) in [5.74, 6) is 0.684. The predicted molar refractivity (Wildman–Crippen MR) is 117 cm³/mol. The number of hydrogen-bond acceptors (Lipinski definition) is 4. The van der Waals surface area contributed by atoms with Crippen molar-refractivity contribution in [3.63, 3.8) is 0 Å². The van der Waals surface area contributed by atoms with E-state index in [4.69, 9.17) is 9.47 Å². The number of morpholine rings is 1. The lowest BCUT2D eigenvalue weighted by molar-refractivity contribution is -0.138. The first-order valence-electron chi connectivity index (χ1n) is 9.11.